The number of ether oxygens (including phenoxy) is 3. The highest BCUT2D eigenvalue weighted by Gasteiger charge is 2.23. The van der Waals surface area contributed by atoms with Crippen molar-refractivity contribution in [1.29, 1.82) is 5.41 Å². The van der Waals surface area contributed by atoms with Crippen molar-refractivity contribution in [2.75, 3.05) is 7.11 Å². The summed E-state index contributed by atoms with van der Waals surface area (Å²) in [5.74, 6) is -3.99. The van der Waals surface area contributed by atoms with Crippen LogP contribution in [0.5, 0.6) is 23.3 Å². The summed E-state index contributed by atoms with van der Waals surface area (Å²) in [6.07, 6.45) is 0. The van der Waals surface area contributed by atoms with Crippen LogP contribution in [0.4, 0.5) is 8.78 Å². The first-order chi connectivity index (χ1) is 17.7. The Labute approximate surface area is 215 Å². The number of halogens is 3. The molecule has 1 heterocycles. The number of nitrogens with zero attached hydrogens (tertiary/aromatic N) is 1. The van der Waals surface area contributed by atoms with Crippen LogP contribution in [0.3, 0.4) is 0 Å². The maximum absolute atomic E-state index is 14.9. The summed E-state index contributed by atoms with van der Waals surface area (Å²) in [6, 6.07) is 17.8. The zero-order valence-electron chi connectivity index (χ0n) is 19.6. The van der Waals surface area contributed by atoms with Gasteiger partial charge in [-0.05, 0) is 48.4 Å². The van der Waals surface area contributed by atoms with E-state index < -0.39 is 34.9 Å². The first-order valence-corrected chi connectivity index (χ1v) is 11.2. The average Bonchev–Trinajstić information content (AvgIpc) is 2.90. The second kappa shape index (κ2) is 10.6. The molecule has 7 nitrogen and oxygen atoms in total. The number of amidine groups is 1. The van der Waals surface area contributed by atoms with Crippen LogP contribution in [0, 0.1) is 24.0 Å². The van der Waals surface area contributed by atoms with E-state index in [-0.39, 0.29) is 27.9 Å². The lowest BCUT2D eigenvalue weighted by Crippen LogP contribution is -2.10. The van der Waals surface area contributed by atoms with Crippen molar-refractivity contribution in [3.8, 4) is 34.4 Å². The molecular weight excluding hydrogens is 504 g/mol. The second-order valence-electron chi connectivity index (χ2n) is 7.83. The minimum atomic E-state index is -1.07. The van der Waals surface area contributed by atoms with Gasteiger partial charge in [-0.1, -0.05) is 41.9 Å². The van der Waals surface area contributed by atoms with Gasteiger partial charge in [0.1, 0.15) is 22.9 Å². The molecule has 4 rings (SSSR count). The SMILES string of the molecule is COC(=O)c1ccc(Cl)cc1Oc1nc(Oc2cccc(-c3cccc(C(=N)N)c3)c2)c(F)c(C)c1F. The van der Waals surface area contributed by atoms with Gasteiger partial charge in [-0.25, -0.2) is 13.6 Å². The molecule has 10 heteroatoms. The molecule has 0 bridgehead atoms. The van der Waals surface area contributed by atoms with Crippen LogP contribution in [0.2, 0.25) is 5.02 Å². The predicted molar refractivity (Wildman–Crippen MR) is 135 cm³/mol. The Hall–Kier alpha value is -4.50. The van der Waals surface area contributed by atoms with E-state index in [1.807, 2.05) is 6.07 Å². The molecule has 0 amide bonds. The van der Waals surface area contributed by atoms with E-state index >= 15 is 0 Å². The number of methoxy groups -OCH3 is 1. The number of nitrogen functional groups attached to an aromatic ring is 1. The number of esters is 1. The third-order valence-corrected chi connectivity index (χ3v) is 5.58. The number of benzene rings is 3. The molecule has 3 aromatic carbocycles. The zero-order valence-corrected chi connectivity index (χ0v) is 20.4. The van der Waals surface area contributed by atoms with Crippen LogP contribution in [0.25, 0.3) is 11.1 Å². The van der Waals surface area contributed by atoms with E-state index in [4.69, 9.17) is 37.0 Å². The number of nitrogens with two attached hydrogens (primary N) is 1. The summed E-state index contributed by atoms with van der Waals surface area (Å²) >= 11 is 6.01. The molecule has 188 valence electrons. The number of hydrogen-bond acceptors (Lipinski definition) is 6. The van der Waals surface area contributed by atoms with Gasteiger partial charge in [0.15, 0.2) is 11.6 Å². The van der Waals surface area contributed by atoms with E-state index in [9.17, 15) is 13.6 Å². The number of nitrogens with one attached hydrogen (secondary N) is 1. The third-order valence-electron chi connectivity index (χ3n) is 5.35. The Bertz CT molecular complexity index is 1530. The Kier molecular flexibility index (Phi) is 7.35. The maximum atomic E-state index is 14.9. The fourth-order valence-corrected chi connectivity index (χ4v) is 3.59. The largest absolute Gasteiger partial charge is 0.465 e. The summed E-state index contributed by atoms with van der Waals surface area (Å²) in [5.41, 5.74) is 7.15. The Morgan fingerprint density at radius 3 is 2.27 bits per heavy atom. The minimum Gasteiger partial charge on any atom is -0.465 e. The van der Waals surface area contributed by atoms with Crippen LogP contribution in [-0.2, 0) is 4.74 Å². The van der Waals surface area contributed by atoms with Crippen molar-refractivity contribution in [2.24, 2.45) is 5.73 Å². The summed E-state index contributed by atoms with van der Waals surface area (Å²) in [4.78, 5) is 16.0. The summed E-state index contributed by atoms with van der Waals surface area (Å²) in [6.45, 7) is 1.20. The highest BCUT2D eigenvalue weighted by Crippen LogP contribution is 2.35. The molecular formula is C27H20ClF2N3O4. The van der Waals surface area contributed by atoms with Gasteiger partial charge in [0.2, 0.25) is 0 Å². The summed E-state index contributed by atoms with van der Waals surface area (Å²) in [7, 11) is 1.18. The molecule has 37 heavy (non-hydrogen) atoms. The maximum Gasteiger partial charge on any atom is 0.341 e. The van der Waals surface area contributed by atoms with Gasteiger partial charge in [0.25, 0.3) is 11.8 Å². The molecule has 0 aliphatic rings. The minimum absolute atomic E-state index is 0.0296. The Balaban J connectivity index is 1.70. The molecule has 0 saturated heterocycles. The van der Waals surface area contributed by atoms with Gasteiger partial charge in [-0.3, -0.25) is 5.41 Å². The van der Waals surface area contributed by atoms with Gasteiger partial charge in [0, 0.05) is 22.2 Å². The molecule has 0 spiro atoms. The Morgan fingerprint density at radius 2 is 1.59 bits per heavy atom. The number of aromatic nitrogens is 1. The highest BCUT2D eigenvalue weighted by molar-refractivity contribution is 6.30. The van der Waals surface area contributed by atoms with Crippen molar-refractivity contribution >= 4 is 23.4 Å². The van der Waals surface area contributed by atoms with Gasteiger partial charge in [-0.2, -0.15) is 4.98 Å². The number of rotatable bonds is 7. The van der Waals surface area contributed by atoms with Crippen molar-refractivity contribution in [3.63, 3.8) is 0 Å². The van der Waals surface area contributed by atoms with Crippen LogP contribution in [-0.4, -0.2) is 23.9 Å². The van der Waals surface area contributed by atoms with Crippen LogP contribution >= 0.6 is 11.6 Å². The summed E-state index contributed by atoms with van der Waals surface area (Å²) < 4.78 is 45.8. The standard InChI is InChI=1S/C27H20ClF2N3O4/c1-14-22(29)25(33-26(23(14)30)37-21-13-18(28)9-10-20(21)27(34)35-2)36-19-8-4-6-16(12-19)15-5-3-7-17(11-15)24(31)32/h3-13H,1-2H3,(H3,31,32). The average molecular weight is 524 g/mol. The lowest BCUT2D eigenvalue weighted by atomic mass is 10.0. The quantitative estimate of drug-likeness (QED) is 0.160. The van der Waals surface area contributed by atoms with Crippen molar-refractivity contribution in [2.45, 2.75) is 6.92 Å². The molecule has 0 unspecified atom stereocenters. The van der Waals surface area contributed by atoms with Gasteiger partial charge >= 0.3 is 5.97 Å². The number of pyridine rings is 1. The zero-order chi connectivity index (χ0) is 26.7. The lowest BCUT2D eigenvalue weighted by molar-refractivity contribution is 0.0597. The first kappa shape index (κ1) is 25.6. The first-order valence-electron chi connectivity index (χ1n) is 10.8. The van der Waals surface area contributed by atoms with E-state index in [0.29, 0.717) is 11.1 Å². The second-order valence-corrected chi connectivity index (χ2v) is 8.27. The van der Waals surface area contributed by atoms with E-state index in [1.54, 1.807) is 42.5 Å². The molecule has 0 aliphatic heterocycles. The van der Waals surface area contributed by atoms with Crippen LogP contribution in [0.15, 0.2) is 66.7 Å². The van der Waals surface area contributed by atoms with Gasteiger partial charge in [-0.15, -0.1) is 0 Å². The van der Waals surface area contributed by atoms with E-state index in [1.165, 1.54) is 32.2 Å². The number of carbonyl (C=O) groups is 1. The lowest BCUT2D eigenvalue weighted by Gasteiger charge is -2.14. The van der Waals surface area contributed by atoms with Crippen molar-refractivity contribution in [1.82, 2.24) is 4.98 Å². The summed E-state index contributed by atoms with van der Waals surface area (Å²) in [5, 5.41) is 7.85. The fraction of sp³-hybridized carbons (Fsp3) is 0.0741. The highest BCUT2D eigenvalue weighted by atomic mass is 35.5. The third kappa shape index (κ3) is 5.52. The number of carbonyl (C=O) groups excluding carboxylic acids is 1. The topological polar surface area (TPSA) is 108 Å². The molecule has 4 aromatic rings. The molecule has 0 fully saturated rings. The molecule has 1 aromatic heterocycles. The van der Waals surface area contributed by atoms with Crippen LogP contribution < -0.4 is 15.2 Å². The monoisotopic (exact) mass is 523 g/mol. The smallest absolute Gasteiger partial charge is 0.341 e. The molecule has 3 N–H and O–H groups in total. The van der Waals surface area contributed by atoms with E-state index in [0.717, 1.165) is 5.56 Å². The van der Waals surface area contributed by atoms with E-state index in [2.05, 4.69) is 4.98 Å². The number of hydrogen-bond donors (Lipinski definition) is 2. The molecule has 0 radical (unpaired) electrons. The van der Waals surface area contributed by atoms with Gasteiger partial charge < -0.3 is 19.9 Å². The predicted octanol–water partition coefficient (Wildman–Crippen LogP) is 6.64. The normalized spacial score (nSPS) is 10.6. The fourth-order valence-electron chi connectivity index (χ4n) is 3.42. The molecule has 0 saturated carbocycles. The molecule has 0 atom stereocenters. The van der Waals surface area contributed by atoms with Crippen molar-refractivity contribution < 1.29 is 27.8 Å². The van der Waals surface area contributed by atoms with Crippen LogP contribution in [0.1, 0.15) is 21.5 Å². The molecule has 0 aliphatic carbocycles. The Morgan fingerprint density at radius 1 is 0.946 bits per heavy atom. The van der Waals surface area contributed by atoms with Gasteiger partial charge in [0.05, 0.1) is 7.11 Å². The van der Waals surface area contributed by atoms with Crippen molar-refractivity contribution in [3.05, 3.63) is 100 Å².